The Morgan fingerprint density at radius 2 is 2.06 bits per heavy atom. The van der Waals surface area contributed by atoms with Crippen LogP contribution in [0.1, 0.15) is 44.7 Å². The molecule has 88 valence electrons. The normalized spacial score (nSPS) is 10.6. The number of carbonyl (C=O) groups excluding carboxylic acids is 1. The zero-order valence-electron chi connectivity index (χ0n) is 10.4. The summed E-state index contributed by atoms with van der Waals surface area (Å²) >= 11 is 0. The molecular weight excluding hydrogens is 200 g/mol. The molecular formula is C13H20N2O. The lowest BCUT2D eigenvalue weighted by atomic mass is 9.96. The van der Waals surface area contributed by atoms with Crippen molar-refractivity contribution in [1.82, 2.24) is 0 Å². The summed E-state index contributed by atoms with van der Waals surface area (Å²) in [6.07, 6.45) is 0.874. The molecule has 0 saturated carbocycles. The first kappa shape index (κ1) is 12.6. The van der Waals surface area contributed by atoms with Crippen molar-refractivity contribution < 1.29 is 4.79 Å². The zero-order valence-corrected chi connectivity index (χ0v) is 10.4. The minimum atomic E-state index is -0.0541. The van der Waals surface area contributed by atoms with E-state index in [-0.39, 0.29) is 5.91 Å². The molecule has 1 aromatic carbocycles. The fourth-order valence-corrected chi connectivity index (χ4v) is 1.78. The second kappa shape index (κ2) is 5.01. The number of carbonyl (C=O) groups is 1. The molecule has 0 aromatic heterocycles. The van der Waals surface area contributed by atoms with Crippen LogP contribution in [0.25, 0.3) is 0 Å². The van der Waals surface area contributed by atoms with E-state index in [0.29, 0.717) is 5.92 Å². The molecule has 3 nitrogen and oxygen atoms in total. The molecule has 0 unspecified atom stereocenters. The molecule has 0 atom stereocenters. The van der Waals surface area contributed by atoms with Gasteiger partial charge in [0.2, 0.25) is 5.91 Å². The highest BCUT2D eigenvalue weighted by molar-refractivity contribution is 5.89. The van der Waals surface area contributed by atoms with Crippen molar-refractivity contribution in [3.63, 3.8) is 0 Å². The van der Waals surface area contributed by atoms with Crippen LogP contribution in [0.15, 0.2) is 12.1 Å². The van der Waals surface area contributed by atoms with Crippen molar-refractivity contribution in [3.05, 3.63) is 23.3 Å². The van der Waals surface area contributed by atoms with Gasteiger partial charge in [0.05, 0.1) is 0 Å². The summed E-state index contributed by atoms with van der Waals surface area (Å²) in [6.45, 7) is 7.77. The van der Waals surface area contributed by atoms with Crippen LogP contribution in [0.3, 0.4) is 0 Å². The number of hydrogen-bond acceptors (Lipinski definition) is 2. The summed E-state index contributed by atoms with van der Waals surface area (Å²) in [5.41, 5.74) is 9.96. The lowest BCUT2D eigenvalue weighted by Crippen LogP contribution is -2.09. The van der Waals surface area contributed by atoms with Gasteiger partial charge in [0.15, 0.2) is 0 Å². The Morgan fingerprint density at radius 1 is 1.44 bits per heavy atom. The van der Waals surface area contributed by atoms with E-state index in [0.717, 1.165) is 28.9 Å². The van der Waals surface area contributed by atoms with Gasteiger partial charge in [0, 0.05) is 18.3 Å². The Hall–Kier alpha value is -1.51. The van der Waals surface area contributed by atoms with Crippen molar-refractivity contribution in [2.24, 2.45) is 0 Å². The van der Waals surface area contributed by atoms with Crippen LogP contribution >= 0.6 is 0 Å². The summed E-state index contributed by atoms with van der Waals surface area (Å²) in [7, 11) is 0. The van der Waals surface area contributed by atoms with Gasteiger partial charge in [-0.05, 0) is 35.6 Å². The Morgan fingerprint density at radius 3 is 2.50 bits per heavy atom. The molecule has 0 aliphatic carbocycles. The minimum absolute atomic E-state index is 0.0541. The lowest BCUT2D eigenvalue weighted by molar-refractivity contribution is -0.114. The van der Waals surface area contributed by atoms with Gasteiger partial charge in [-0.15, -0.1) is 0 Å². The molecule has 0 bridgehead atoms. The highest BCUT2D eigenvalue weighted by Crippen LogP contribution is 2.29. The van der Waals surface area contributed by atoms with E-state index in [4.69, 9.17) is 5.73 Å². The number of nitrogens with one attached hydrogen (secondary N) is 1. The van der Waals surface area contributed by atoms with Gasteiger partial charge in [0.25, 0.3) is 0 Å². The largest absolute Gasteiger partial charge is 0.398 e. The van der Waals surface area contributed by atoms with E-state index in [1.165, 1.54) is 6.92 Å². The van der Waals surface area contributed by atoms with Gasteiger partial charge in [-0.3, -0.25) is 4.79 Å². The maximum absolute atomic E-state index is 11.0. The Labute approximate surface area is 97.0 Å². The van der Waals surface area contributed by atoms with E-state index >= 15 is 0 Å². The third kappa shape index (κ3) is 2.75. The van der Waals surface area contributed by atoms with Crippen LogP contribution in [0, 0.1) is 0 Å². The molecule has 1 amide bonds. The Balaban J connectivity index is 3.22. The molecule has 3 N–H and O–H groups in total. The quantitative estimate of drug-likeness (QED) is 0.769. The summed E-state index contributed by atoms with van der Waals surface area (Å²) in [4.78, 5) is 11.0. The number of benzene rings is 1. The van der Waals surface area contributed by atoms with E-state index in [1.807, 2.05) is 12.1 Å². The third-order valence-corrected chi connectivity index (χ3v) is 2.62. The maximum Gasteiger partial charge on any atom is 0.221 e. The summed E-state index contributed by atoms with van der Waals surface area (Å²) < 4.78 is 0. The third-order valence-electron chi connectivity index (χ3n) is 2.62. The molecule has 0 saturated heterocycles. The second-order valence-corrected chi connectivity index (χ2v) is 4.33. The molecule has 0 heterocycles. The van der Waals surface area contributed by atoms with Crippen LogP contribution in [0.4, 0.5) is 11.4 Å². The molecule has 0 aliphatic rings. The molecule has 0 spiro atoms. The number of nitrogen functional groups attached to an aromatic ring is 1. The van der Waals surface area contributed by atoms with Gasteiger partial charge in [-0.2, -0.15) is 0 Å². The standard InChI is InChI=1S/C13H20N2O/c1-5-10-6-11(15-9(4)16)7-12(8(2)3)13(10)14/h6-8H,5,14H2,1-4H3,(H,15,16). The smallest absolute Gasteiger partial charge is 0.221 e. The molecule has 1 aromatic rings. The predicted octanol–water partition coefficient (Wildman–Crippen LogP) is 2.91. The van der Waals surface area contributed by atoms with Crippen LogP contribution < -0.4 is 11.1 Å². The highest BCUT2D eigenvalue weighted by atomic mass is 16.1. The predicted molar refractivity (Wildman–Crippen MR) is 68.6 cm³/mol. The fourth-order valence-electron chi connectivity index (χ4n) is 1.78. The summed E-state index contributed by atoms with van der Waals surface area (Å²) in [5.74, 6) is 0.306. The van der Waals surface area contributed by atoms with Crippen molar-refractivity contribution in [2.45, 2.75) is 40.0 Å². The number of aryl methyl sites for hydroxylation is 1. The SMILES string of the molecule is CCc1cc(NC(C)=O)cc(C(C)C)c1N. The molecule has 0 radical (unpaired) electrons. The van der Waals surface area contributed by atoms with Gasteiger partial charge in [-0.25, -0.2) is 0 Å². The second-order valence-electron chi connectivity index (χ2n) is 4.33. The molecule has 3 heteroatoms. The van der Waals surface area contributed by atoms with Crippen LogP contribution in [0.2, 0.25) is 0 Å². The number of rotatable bonds is 3. The molecule has 0 aliphatic heterocycles. The van der Waals surface area contributed by atoms with E-state index in [1.54, 1.807) is 0 Å². The zero-order chi connectivity index (χ0) is 12.3. The van der Waals surface area contributed by atoms with Gasteiger partial charge < -0.3 is 11.1 Å². The van der Waals surface area contributed by atoms with Crippen LogP contribution in [0.5, 0.6) is 0 Å². The number of nitrogens with two attached hydrogens (primary N) is 1. The average molecular weight is 220 g/mol. The first-order valence-electron chi connectivity index (χ1n) is 5.65. The molecule has 16 heavy (non-hydrogen) atoms. The average Bonchev–Trinajstić information content (AvgIpc) is 2.19. The van der Waals surface area contributed by atoms with E-state index < -0.39 is 0 Å². The van der Waals surface area contributed by atoms with Crippen molar-refractivity contribution >= 4 is 17.3 Å². The van der Waals surface area contributed by atoms with Crippen molar-refractivity contribution in [1.29, 1.82) is 0 Å². The van der Waals surface area contributed by atoms with E-state index in [9.17, 15) is 4.79 Å². The van der Waals surface area contributed by atoms with Gasteiger partial charge in [-0.1, -0.05) is 20.8 Å². The Kier molecular flexibility index (Phi) is 3.93. The number of amides is 1. The minimum Gasteiger partial charge on any atom is -0.398 e. The van der Waals surface area contributed by atoms with Crippen molar-refractivity contribution in [2.75, 3.05) is 11.1 Å². The highest BCUT2D eigenvalue weighted by Gasteiger charge is 2.10. The van der Waals surface area contributed by atoms with Crippen LogP contribution in [-0.4, -0.2) is 5.91 Å². The van der Waals surface area contributed by atoms with E-state index in [2.05, 4.69) is 26.1 Å². The van der Waals surface area contributed by atoms with Crippen molar-refractivity contribution in [3.8, 4) is 0 Å². The fraction of sp³-hybridized carbons (Fsp3) is 0.462. The topological polar surface area (TPSA) is 55.1 Å². The lowest BCUT2D eigenvalue weighted by Gasteiger charge is -2.15. The first-order valence-corrected chi connectivity index (χ1v) is 5.65. The Bertz CT molecular complexity index is 397. The summed E-state index contributed by atoms with van der Waals surface area (Å²) in [6, 6.07) is 3.91. The monoisotopic (exact) mass is 220 g/mol. The maximum atomic E-state index is 11.0. The summed E-state index contributed by atoms with van der Waals surface area (Å²) in [5, 5.41) is 2.81. The first-order chi connectivity index (χ1) is 7.45. The van der Waals surface area contributed by atoms with Gasteiger partial charge in [0.1, 0.15) is 0 Å². The molecule has 0 fully saturated rings. The van der Waals surface area contributed by atoms with Gasteiger partial charge >= 0.3 is 0 Å². The number of hydrogen-bond donors (Lipinski definition) is 2. The molecule has 1 rings (SSSR count). The van der Waals surface area contributed by atoms with Crippen LogP contribution in [-0.2, 0) is 11.2 Å². The number of anilines is 2.